The first-order valence-electron chi connectivity index (χ1n) is 7.49. The Labute approximate surface area is 133 Å². The Morgan fingerprint density at radius 3 is 2.73 bits per heavy atom. The van der Waals surface area contributed by atoms with Gasteiger partial charge in [0.15, 0.2) is 0 Å². The fraction of sp³-hybridized carbons (Fsp3) is 0.467. The zero-order chi connectivity index (χ0) is 15.4. The molecule has 1 unspecified atom stereocenters. The quantitative estimate of drug-likeness (QED) is 0.787. The minimum Gasteiger partial charge on any atom is -0.342 e. The van der Waals surface area contributed by atoms with Crippen LogP contribution in [0.2, 0.25) is 0 Å². The number of carbonyl (C=O) groups is 1. The first kappa shape index (κ1) is 15.0. The van der Waals surface area contributed by atoms with Gasteiger partial charge >= 0.3 is 0 Å². The molecule has 0 radical (unpaired) electrons. The Bertz CT molecular complexity index is 624. The summed E-state index contributed by atoms with van der Waals surface area (Å²) in [6, 6.07) is 10.0. The van der Waals surface area contributed by atoms with E-state index in [1.54, 1.807) is 4.68 Å². The number of amides is 1. The molecular weight excluding hydrogens is 298 g/mol. The molecule has 22 heavy (non-hydrogen) atoms. The van der Waals surface area contributed by atoms with Crippen molar-refractivity contribution >= 4 is 17.7 Å². The summed E-state index contributed by atoms with van der Waals surface area (Å²) < 4.78 is 1.74. The Morgan fingerprint density at radius 1 is 1.27 bits per heavy atom. The number of aromatic nitrogens is 4. The molecule has 116 valence electrons. The lowest BCUT2D eigenvalue weighted by molar-refractivity contribution is -0.129. The second-order valence-corrected chi connectivity index (χ2v) is 6.71. The molecule has 0 spiro atoms. The summed E-state index contributed by atoms with van der Waals surface area (Å²) in [7, 11) is 0. The first-order valence-corrected chi connectivity index (χ1v) is 8.37. The average Bonchev–Trinajstić information content (AvgIpc) is 3.20. The molecule has 1 saturated heterocycles. The second-order valence-electron chi connectivity index (χ2n) is 5.40. The van der Waals surface area contributed by atoms with Crippen molar-refractivity contribution in [2.75, 3.05) is 13.1 Å². The summed E-state index contributed by atoms with van der Waals surface area (Å²) in [5, 5.41) is 12.3. The van der Waals surface area contributed by atoms with E-state index in [9.17, 15) is 4.79 Å². The van der Waals surface area contributed by atoms with Gasteiger partial charge in [0.1, 0.15) is 0 Å². The van der Waals surface area contributed by atoms with Crippen molar-refractivity contribution in [3.8, 4) is 0 Å². The summed E-state index contributed by atoms with van der Waals surface area (Å²) in [5.41, 5.74) is 1.13. The van der Waals surface area contributed by atoms with Gasteiger partial charge in [-0.25, -0.2) is 4.68 Å². The van der Waals surface area contributed by atoms with Crippen LogP contribution >= 0.6 is 11.8 Å². The zero-order valence-corrected chi connectivity index (χ0v) is 13.4. The van der Waals surface area contributed by atoms with E-state index < -0.39 is 0 Å². The number of hydrogen-bond donors (Lipinski definition) is 0. The molecule has 1 aromatic carbocycles. The van der Waals surface area contributed by atoms with Gasteiger partial charge < -0.3 is 4.90 Å². The SMILES string of the molecule is CC(Sc1nnnn1Cc1ccccc1)C(=O)N1CCCC1. The highest BCUT2D eigenvalue weighted by molar-refractivity contribution is 8.00. The molecular formula is C15H19N5OS. The number of likely N-dealkylation sites (tertiary alicyclic amines) is 1. The van der Waals surface area contributed by atoms with Gasteiger partial charge in [0.2, 0.25) is 11.1 Å². The first-order chi connectivity index (χ1) is 10.7. The molecule has 7 heteroatoms. The normalized spacial score (nSPS) is 16.0. The van der Waals surface area contributed by atoms with Crippen molar-refractivity contribution < 1.29 is 4.79 Å². The van der Waals surface area contributed by atoms with Crippen LogP contribution in [0.25, 0.3) is 0 Å². The third-order valence-corrected chi connectivity index (χ3v) is 4.78. The highest BCUT2D eigenvalue weighted by Crippen LogP contribution is 2.23. The van der Waals surface area contributed by atoms with Gasteiger partial charge in [0.25, 0.3) is 0 Å². The number of rotatable bonds is 5. The maximum atomic E-state index is 12.4. The smallest absolute Gasteiger partial charge is 0.235 e. The molecule has 1 atom stereocenters. The molecule has 3 rings (SSSR count). The van der Waals surface area contributed by atoms with Gasteiger partial charge in [0, 0.05) is 13.1 Å². The standard InChI is InChI=1S/C15H19N5OS/c1-12(14(21)19-9-5-6-10-19)22-15-16-17-18-20(15)11-13-7-3-2-4-8-13/h2-4,7-8,12H,5-6,9-11H2,1H3. The molecule has 0 bridgehead atoms. The van der Waals surface area contributed by atoms with E-state index in [4.69, 9.17) is 0 Å². The molecule has 1 amide bonds. The molecule has 1 aliphatic heterocycles. The Hall–Kier alpha value is -1.89. The van der Waals surface area contributed by atoms with Gasteiger partial charge in [-0.1, -0.05) is 42.1 Å². The summed E-state index contributed by atoms with van der Waals surface area (Å²) >= 11 is 1.43. The van der Waals surface area contributed by atoms with Crippen LogP contribution in [0.4, 0.5) is 0 Å². The molecule has 2 aromatic rings. The van der Waals surface area contributed by atoms with Crippen LogP contribution in [-0.4, -0.2) is 49.4 Å². The predicted octanol–water partition coefficient (Wildman–Crippen LogP) is 1.82. The predicted molar refractivity (Wildman–Crippen MR) is 84.5 cm³/mol. The third kappa shape index (κ3) is 3.47. The van der Waals surface area contributed by atoms with Crippen molar-refractivity contribution in [1.29, 1.82) is 0 Å². The number of carbonyl (C=O) groups excluding carboxylic acids is 1. The van der Waals surface area contributed by atoms with Crippen molar-refractivity contribution in [3.05, 3.63) is 35.9 Å². The van der Waals surface area contributed by atoms with Crippen LogP contribution in [0.15, 0.2) is 35.5 Å². The second kappa shape index (κ2) is 6.91. The number of hydrogen-bond acceptors (Lipinski definition) is 5. The topological polar surface area (TPSA) is 63.9 Å². The number of nitrogens with zero attached hydrogens (tertiary/aromatic N) is 5. The van der Waals surface area contributed by atoms with Crippen LogP contribution in [0.5, 0.6) is 0 Å². The van der Waals surface area contributed by atoms with Gasteiger partial charge in [-0.05, 0) is 35.8 Å². The Morgan fingerprint density at radius 2 is 2.00 bits per heavy atom. The van der Waals surface area contributed by atoms with E-state index >= 15 is 0 Å². The molecule has 0 N–H and O–H groups in total. The largest absolute Gasteiger partial charge is 0.342 e. The van der Waals surface area contributed by atoms with Crippen molar-refractivity contribution in [2.24, 2.45) is 0 Å². The fourth-order valence-corrected chi connectivity index (χ4v) is 3.41. The maximum Gasteiger partial charge on any atom is 0.235 e. The minimum absolute atomic E-state index is 0.168. The van der Waals surface area contributed by atoms with Crippen LogP contribution in [-0.2, 0) is 11.3 Å². The highest BCUT2D eigenvalue weighted by Gasteiger charge is 2.25. The number of benzene rings is 1. The van der Waals surface area contributed by atoms with E-state index in [-0.39, 0.29) is 11.2 Å². The number of thioether (sulfide) groups is 1. The number of tetrazole rings is 1. The summed E-state index contributed by atoms with van der Waals surface area (Å²) in [5.74, 6) is 0.178. The molecule has 0 saturated carbocycles. The lowest BCUT2D eigenvalue weighted by Gasteiger charge is -2.19. The highest BCUT2D eigenvalue weighted by atomic mass is 32.2. The van der Waals surface area contributed by atoms with Crippen molar-refractivity contribution in [3.63, 3.8) is 0 Å². The van der Waals surface area contributed by atoms with E-state index in [1.165, 1.54) is 11.8 Å². The molecule has 6 nitrogen and oxygen atoms in total. The summed E-state index contributed by atoms with van der Waals surface area (Å²) in [6.45, 7) is 4.28. The van der Waals surface area contributed by atoms with Crippen molar-refractivity contribution in [1.82, 2.24) is 25.1 Å². The van der Waals surface area contributed by atoms with Gasteiger partial charge in [0.05, 0.1) is 11.8 Å². The van der Waals surface area contributed by atoms with Crippen molar-refractivity contribution in [2.45, 2.75) is 36.7 Å². The van der Waals surface area contributed by atoms with E-state index in [1.807, 2.05) is 42.2 Å². The molecule has 1 aromatic heterocycles. The fourth-order valence-electron chi connectivity index (χ4n) is 2.54. The summed E-state index contributed by atoms with van der Waals surface area (Å²) in [6.07, 6.45) is 2.21. The van der Waals surface area contributed by atoms with Gasteiger partial charge in [-0.2, -0.15) is 0 Å². The minimum atomic E-state index is -0.168. The van der Waals surface area contributed by atoms with Gasteiger partial charge in [-0.15, -0.1) is 5.10 Å². The monoisotopic (exact) mass is 317 g/mol. The Balaban J connectivity index is 1.65. The molecule has 1 aliphatic rings. The Kier molecular flexibility index (Phi) is 4.72. The molecule has 0 aliphatic carbocycles. The van der Waals surface area contributed by atoms with E-state index in [0.717, 1.165) is 31.5 Å². The zero-order valence-electron chi connectivity index (χ0n) is 12.6. The maximum absolute atomic E-state index is 12.4. The van der Waals surface area contributed by atoms with Crippen LogP contribution in [0.3, 0.4) is 0 Å². The third-order valence-electron chi connectivity index (χ3n) is 3.72. The lowest BCUT2D eigenvalue weighted by Crippen LogP contribution is -2.34. The van der Waals surface area contributed by atoms with Crippen LogP contribution in [0, 0.1) is 0 Å². The van der Waals surface area contributed by atoms with E-state index in [2.05, 4.69) is 15.5 Å². The van der Waals surface area contributed by atoms with E-state index in [0.29, 0.717) is 11.7 Å². The molecule has 2 heterocycles. The van der Waals surface area contributed by atoms with Crippen LogP contribution < -0.4 is 0 Å². The van der Waals surface area contributed by atoms with Gasteiger partial charge in [-0.3, -0.25) is 4.79 Å². The lowest BCUT2D eigenvalue weighted by atomic mass is 10.2. The van der Waals surface area contributed by atoms with Crippen LogP contribution in [0.1, 0.15) is 25.3 Å². The molecule has 1 fully saturated rings. The summed E-state index contributed by atoms with van der Waals surface area (Å²) in [4.78, 5) is 14.3. The average molecular weight is 317 g/mol.